The molecule has 1 saturated carbocycles. The van der Waals surface area contributed by atoms with Crippen LogP contribution in [0.1, 0.15) is 34.9 Å². The highest BCUT2D eigenvalue weighted by Gasteiger charge is 2.26. The van der Waals surface area contributed by atoms with Crippen molar-refractivity contribution < 1.29 is 4.79 Å². The van der Waals surface area contributed by atoms with Gasteiger partial charge in [0, 0.05) is 11.3 Å². The van der Waals surface area contributed by atoms with Crippen molar-refractivity contribution in [1.82, 2.24) is 15.2 Å². The second-order valence-electron chi connectivity index (χ2n) is 4.95. The smallest absolute Gasteiger partial charge is 0.277 e. The molecule has 1 aliphatic carbocycles. The number of nitrogens with zero attached hydrogens (tertiary/aromatic N) is 2. The third kappa shape index (κ3) is 2.62. The Morgan fingerprint density at radius 1 is 1.38 bits per heavy atom. The maximum Gasteiger partial charge on any atom is 0.277 e. The Kier molecular flexibility index (Phi) is 3.08. The van der Waals surface area contributed by atoms with Crippen molar-refractivity contribution in [3.05, 3.63) is 40.3 Å². The molecule has 5 nitrogen and oxygen atoms in total. The maximum atomic E-state index is 12.2. The number of rotatable bonds is 4. The quantitative estimate of drug-likeness (QED) is 0.770. The van der Waals surface area contributed by atoms with Crippen LogP contribution in [0.25, 0.3) is 10.6 Å². The topological polar surface area (TPSA) is 70.7 Å². The number of hydrogen-bond acceptors (Lipinski definition) is 5. The first kappa shape index (κ1) is 12.7. The van der Waals surface area contributed by atoms with E-state index in [-0.39, 0.29) is 5.91 Å². The number of hydrogen-bond donors (Lipinski definition) is 2. The van der Waals surface area contributed by atoms with Gasteiger partial charge in [-0.1, -0.05) is 6.07 Å². The van der Waals surface area contributed by atoms with Crippen molar-refractivity contribution in [2.75, 3.05) is 5.32 Å². The molecule has 106 valence electrons. The standard InChI is InChI=1S/C14H12N4OS2/c19-13(16-14-15-11(7-21-14)8-3-4-8)10-6-9(17-18-10)12-2-1-5-20-12/h1-2,5-8H,3-4H2,(H,17,18)(H,15,16,19). The molecule has 21 heavy (non-hydrogen) atoms. The van der Waals surface area contributed by atoms with E-state index in [0.29, 0.717) is 16.7 Å². The fraction of sp³-hybridized carbons (Fsp3) is 0.214. The predicted octanol–water partition coefficient (Wildman–Crippen LogP) is 3.72. The van der Waals surface area contributed by atoms with Gasteiger partial charge in [-0.05, 0) is 30.4 Å². The molecule has 0 aliphatic heterocycles. The van der Waals surface area contributed by atoms with Gasteiger partial charge < -0.3 is 0 Å². The van der Waals surface area contributed by atoms with Crippen molar-refractivity contribution in [2.24, 2.45) is 0 Å². The van der Waals surface area contributed by atoms with E-state index in [4.69, 9.17) is 0 Å². The first-order valence-corrected chi connectivity index (χ1v) is 8.41. The molecule has 3 aromatic rings. The Morgan fingerprint density at radius 2 is 2.29 bits per heavy atom. The third-order valence-electron chi connectivity index (χ3n) is 3.34. The third-order valence-corrected chi connectivity index (χ3v) is 5.01. The van der Waals surface area contributed by atoms with E-state index >= 15 is 0 Å². The van der Waals surface area contributed by atoms with E-state index in [2.05, 4.69) is 20.5 Å². The fourth-order valence-electron chi connectivity index (χ4n) is 2.07. The molecule has 0 bridgehead atoms. The zero-order valence-corrected chi connectivity index (χ0v) is 12.6. The van der Waals surface area contributed by atoms with Crippen molar-refractivity contribution >= 4 is 33.7 Å². The molecular weight excluding hydrogens is 304 g/mol. The second-order valence-corrected chi connectivity index (χ2v) is 6.76. The number of carbonyl (C=O) groups is 1. The molecule has 3 aromatic heterocycles. The van der Waals surface area contributed by atoms with Gasteiger partial charge in [-0.15, -0.1) is 22.7 Å². The first-order valence-electron chi connectivity index (χ1n) is 6.65. The summed E-state index contributed by atoms with van der Waals surface area (Å²) in [4.78, 5) is 17.7. The number of thiophene rings is 1. The molecule has 0 radical (unpaired) electrons. The monoisotopic (exact) mass is 316 g/mol. The number of H-pyrrole nitrogens is 1. The van der Waals surface area contributed by atoms with Crippen LogP contribution >= 0.6 is 22.7 Å². The van der Waals surface area contributed by atoms with Gasteiger partial charge in [-0.2, -0.15) is 5.10 Å². The van der Waals surface area contributed by atoms with Gasteiger partial charge >= 0.3 is 0 Å². The Hall–Kier alpha value is -1.99. The minimum absolute atomic E-state index is 0.231. The van der Waals surface area contributed by atoms with Gasteiger partial charge in [0.1, 0.15) is 0 Å². The molecule has 1 fully saturated rings. The molecule has 1 aliphatic rings. The van der Waals surface area contributed by atoms with Gasteiger partial charge in [0.2, 0.25) is 0 Å². The molecule has 3 heterocycles. The van der Waals surface area contributed by atoms with Gasteiger partial charge in [0.25, 0.3) is 5.91 Å². The first-order chi connectivity index (χ1) is 10.3. The van der Waals surface area contributed by atoms with Crippen LogP contribution in [0.4, 0.5) is 5.13 Å². The summed E-state index contributed by atoms with van der Waals surface area (Å²) in [7, 11) is 0. The van der Waals surface area contributed by atoms with Gasteiger partial charge in [0.15, 0.2) is 10.8 Å². The van der Waals surface area contributed by atoms with Crippen LogP contribution in [0.2, 0.25) is 0 Å². The largest absolute Gasteiger partial charge is 0.296 e. The van der Waals surface area contributed by atoms with Gasteiger partial charge in [-0.3, -0.25) is 15.2 Å². The Labute approximate surface area is 129 Å². The van der Waals surface area contributed by atoms with E-state index in [0.717, 1.165) is 16.3 Å². The molecular formula is C14H12N4OS2. The highest BCUT2D eigenvalue weighted by atomic mass is 32.1. The molecule has 1 amide bonds. The number of aromatic amines is 1. The summed E-state index contributed by atoms with van der Waals surface area (Å²) in [5, 5.41) is 14.4. The number of carbonyl (C=O) groups excluding carboxylic acids is 1. The summed E-state index contributed by atoms with van der Waals surface area (Å²) in [6.45, 7) is 0. The molecule has 0 atom stereocenters. The Bertz CT molecular complexity index is 771. The fourth-order valence-corrected chi connectivity index (χ4v) is 3.55. The molecule has 2 N–H and O–H groups in total. The van der Waals surface area contributed by atoms with Gasteiger partial charge in [0.05, 0.1) is 16.3 Å². The normalized spacial score (nSPS) is 14.3. The lowest BCUT2D eigenvalue weighted by atomic mass is 10.3. The summed E-state index contributed by atoms with van der Waals surface area (Å²) < 4.78 is 0. The highest BCUT2D eigenvalue weighted by Crippen LogP contribution is 2.40. The zero-order valence-electron chi connectivity index (χ0n) is 11.0. The van der Waals surface area contributed by atoms with Gasteiger partial charge in [-0.25, -0.2) is 4.98 Å². The number of nitrogens with one attached hydrogen (secondary N) is 2. The minimum atomic E-state index is -0.231. The van der Waals surface area contributed by atoms with E-state index in [1.165, 1.54) is 24.2 Å². The lowest BCUT2D eigenvalue weighted by Crippen LogP contribution is -2.12. The predicted molar refractivity (Wildman–Crippen MR) is 83.9 cm³/mol. The average molecular weight is 316 g/mol. The van der Waals surface area contributed by atoms with Crippen LogP contribution in [-0.4, -0.2) is 21.1 Å². The number of amides is 1. The lowest BCUT2D eigenvalue weighted by Gasteiger charge is -1.96. The summed E-state index contributed by atoms with van der Waals surface area (Å²) >= 11 is 3.07. The molecule has 0 saturated heterocycles. The van der Waals surface area contributed by atoms with Crippen LogP contribution < -0.4 is 5.32 Å². The van der Waals surface area contributed by atoms with Crippen LogP contribution in [0.3, 0.4) is 0 Å². The number of thiazole rings is 1. The van der Waals surface area contributed by atoms with Crippen LogP contribution in [0.5, 0.6) is 0 Å². The van der Waals surface area contributed by atoms with Crippen LogP contribution in [0, 0.1) is 0 Å². The Balaban J connectivity index is 1.49. The second kappa shape index (κ2) is 5.09. The number of anilines is 1. The SMILES string of the molecule is O=C(Nc1nc(C2CC2)cs1)c1cc(-c2cccs2)[nH]n1. The summed E-state index contributed by atoms with van der Waals surface area (Å²) in [5.74, 6) is 0.369. The van der Waals surface area contributed by atoms with E-state index in [1.54, 1.807) is 17.4 Å². The van der Waals surface area contributed by atoms with Crippen molar-refractivity contribution in [3.8, 4) is 10.6 Å². The van der Waals surface area contributed by atoms with E-state index < -0.39 is 0 Å². The van der Waals surface area contributed by atoms with E-state index in [1.807, 2.05) is 22.9 Å². The lowest BCUT2D eigenvalue weighted by molar-refractivity contribution is 0.102. The average Bonchev–Trinajstić information content (AvgIpc) is 2.94. The summed E-state index contributed by atoms with van der Waals surface area (Å²) in [6, 6.07) is 5.72. The Morgan fingerprint density at radius 3 is 3.05 bits per heavy atom. The molecule has 7 heteroatoms. The van der Waals surface area contributed by atoms with Crippen LogP contribution in [0.15, 0.2) is 29.0 Å². The summed E-state index contributed by atoms with van der Waals surface area (Å²) in [6.07, 6.45) is 2.42. The van der Waals surface area contributed by atoms with Crippen molar-refractivity contribution in [2.45, 2.75) is 18.8 Å². The zero-order chi connectivity index (χ0) is 14.2. The minimum Gasteiger partial charge on any atom is -0.296 e. The molecule has 0 unspecified atom stereocenters. The van der Waals surface area contributed by atoms with Crippen LogP contribution in [-0.2, 0) is 0 Å². The van der Waals surface area contributed by atoms with E-state index in [9.17, 15) is 4.79 Å². The van der Waals surface area contributed by atoms with Crippen molar-refractivity contribution in [3.63, 3.8) is 0 Å². The number of aromatic nitrogens is 3. The highest BCUT2D eigenvalue weighted by molar-refractivity contribution is 7.14. The van der Waals surface area contributed by atoms with Crippen molar-refractivity contribution in [1.29, 1.82) is 0 Å². The maximum absolute atomic E-state index is 12.2. The molecule has 0 aromatic carbocycles. The summed E-state index contributed by atoms with van der Waals surface area (Å²) in [5.41, 5.74) is 2.33. The molecule has 4 rings (SSSR count). The molecule has 0 spiro atoms.